The number of amides is 1. The Morgan fingerprint density at radius 2 is 2.16 bits per heavy atom. The van der Waals surface area contributed by atoms with Gasteiger partial charge in [-0.05, 0) is 54.5 Å². The fourth-order valence-electron chi connectivity index (χ4n) is 3.68. The summed E-state index contributed by atoms with van der Waals surface area (Å²) in [4.78, 5) is 19.3. The van der Waals surface area contributed by atoms with E-state index in [0.29, 0.717) is 6.54 Å². The van der Waals surface area contributed by atoms with E-state index in [2.05, 4.69) is 45.2 Å². The highest BCUT2D eigenvalue weighted by atomic mass is 79.9. The topological polar surface area (TPSA) is 38.1 Å². The summed E-state index contributed by atoms with van der Waals surface area (Å²) in [6.07, 6.45) is 8.90. The smallest absolute Gasteiger partial charge is 0.243 e. The van der Waals surface area contributed by atoms with Gasteiger partial charge in [0.15, 0.2) is 0 Å². The van der Waals surface area contributed by atoms with E-state index in [1.165, 1.54) is 0 Å². The molecule has 3 aromatic rings. The second-order valence-corrected chi connectivity index (χ2v) is 7.45. The fraction of sp³-hybridized carbons (Fsp3) is 0.300. The Balaban J connectivity index is 1.59. The molecule has 1 aliphatic rings. The lowest BCUT2D eigenvalue weighted by Crippen LogP contribution is -2.40. The average Bonchev–Trinajstić information content (AvgIpc) is 3.04. The Kier molecular flexibility index (Phi) is 4.57. The molecule has 1 saturated heterocycles. The van der Waals surface area contributed by atoms with Crippen LogP contribution in [-0.4, -0.2) is 26.9 Å². The third-order valence-corrected chi connectivity index (χ3v) is 5.43. The van der Waals surface area contributed by atoms with E-state index in [-0.39, 0.29) is 11.9 Å². The number of nitrogens with zero attached hydrogens (tertiary/aromatic N) is 3. The van der Waals surface area contributed by atoms with Crippen molar-refractivity contribution in [1.29, 1.82) is 0 Å². The number of piperidine rings is 1. The Hall–Kier alpha value is -2.14. The molecular weight excluding hydrogens is 378 g/mol. The van der Waals surface area contributed by atoms with Gasteiger partial charge in [-0.3, -0.25) is 9.78 Å². The van der Waals surface area contributed by atoms with Gasteiger partial charge >= 0.3 is 0 Å². The molecule has 25 heavy (non-hydrogen) atoms. The lowest BCUT2D eigenvalue weighted by atomic mass is 9.96. The van der Waals surface area contributed by atoms with E-state index in [4.69, 9.17) is 0 Å². The average molecular weight is 398 g/mol. The summed E-state index contributed by atoms with van der Waals surface area (Å²) < 4.78 is 3.07. The van der Waals surface area contributed by atoms with Gasteiger partial charge in [-0.1, -0.05) is 28.1 Å². The lowest BCUT2D eigenvalue weighted by molar-refractivity contribution is -0.135. The maximum Gasteiger partial charge on any atom is 0.243 e. The maximum atomic E-state index is 13.1. The molecule has 1 aromatic carbocycles. The van der Waals surface area contributed by atoms with Crippen molar-refractivity contribution >= 4 is 32.7 Å². The zero-order valence-electron chi connectivity index (χ0n) is 13.9. The minimum absolute atomic E-state index is 0.142. The molecular formula is C20H20BrN3O. The fourth-order valence-corrected chi connectivity index (χ4v) is 4.03. The molecule has 4 nitrogen and oxygen atoms in total. The number of halogens is 1. The quantitative estimate of drug-likeness (QED) is 0.649. The summed E-state index contributed by atoms with van der Waals surface area (Å²) in [6, 6.07) is 12.4. The molecule has 0 N–H and O–H groups in total. The van der Waals surface area contributed by atoms with Crippen molar-refractivity contribution in [3.8, 4) is 0 Å². The van der Waals surface area contributed by atoms with Gasteiger partial charge in [-0.25, -0.2) is 0 Å². The Morgan fingerprint density at radius 3 is 3.00 bits per heavy atom. The van der Waals surface area contributed by atoms with Crippen molar-refractivity contribution in [2.75, 3.05) is 6.54 Å². The van der Waals surface area contributed by atoms with E-state index < -0.39 is 0 Å². The number of likely N-dealkylation sites (tertiary alicyclic amines) is 1. The maximum absolute atomic E-state index is 13.1. The van der Waals surface area contributed by atoms with Crippen LogP contribution in [-0.2, 0) is 11.3 Å². The normalized spacial score (nSPS) is 17.8. The number of pyridine rings is 1. The third kappa shape index (κ3) is 3.33. The van der Waals surface area contributed by atoms with Crippen molar-refractivity contribution in [3.63, 3.8) is 0 Å². The first-order chi connectivity index (χ1) is 12.2. The van der Waals surface area contributed by atoms with Crippen LogP contribution in [0, 0.1) is 0 Å². The highest BCUT2D eigenvalue weighted by molar-refractivity contribution is 9.10. The molecule has 128 valence electrons. The van der Waals surface area contributed by atoms with Crippen LogP contribution in [0.15, 0.2) is 59.5 Å². The Bertz CT molecular complexity index is 890. The Morgan fingerprint density at radius 1 is 1.24 bits per heavy atom. The molecule has 0 unspecified atom stereocenters. The highest BCUT2D eigenvalue weighted by Gasteiger charge is 2.28. The van der Waals surface area contributed by atoms with E-state index in [1.54, 1.807) is 6.20 Å². The van der Waals surface area contributed by atoms with E-state index in [0.717, 1.165) is 46.7 Å². The van der Waals surface area contributed by atoms with Crippen LogP contribution in [0.2, 0.25) is 0 Å². The zero-order chi connectivity index (χ0) is 17.2. The first-order valence-corrected chi connectivity index (χ1v) is 9.45. The molecule has 1 atom stereocenters. The molecule has 1 fully saturated rings. The van der Waals surface area contributed by atoms with Crippen LogP contribution in [0.4, 0.5) is 0 Å². The standard InChI is InChI=1S/C20H20BrN3O/c21-17-7-6-15-8-11-23(19(15)12-17)14-20(25)24-10-2-1-5-18(24)16-4-3-9-22-13-16/h3-4,6-9,11-13,18H,1-2,5,10,14H2/t18-/m0/s1. The predicted octanol–water partition coefficient (Wildman–Crippen LogP) is 4.55. The van der Waals surface area contributed by atoms with Crippen LogP contribution >= 0.6 is 15.9 Å². The van der Waals surface area contributed by atoms with Crippen LogP contribution in [0.5, 0.6) is 0 Å². The first kappa shape index (κ1) is 16.3. The highest BCUT2D eigenvalue weighted by Crippen LogP contribution is 2.31. The number of carbonyl (C=O) groups is 1. The van der Waals surface area contributed by atoms with Crippen LogP contribution in [0.25, 0.3) is 10.9 Å². The van der Waals surface area contributed by atoms with Gasteiger partial charge in [0.25, 0.3) is 0 Å². The largest absolute Gasteiger partial charge is 0.338 e. The summed E-state index contributed by atoms with van der Waals surface area (Å²) in [5.74, 6) is 0.172. The molecule has 0 saturated carbocycles. The molecule has 1 amide bonds. The molecule has 4 rings (SSSR count). The summed E-state index contributed by atoms with van der Waals surface area (Å²) >= 11 is 3.52. The van der Waals surface area contributed by atoms with Gasteiger partial charge in [-0.15, -0.1) is 0 Å². The van der Waals surface area contributed by atoms with Crippen LogP contribution in [0.3, 0.4) is 0 Å². The molecule has 0 aliphatic carbocycles. The predicted molar refractivity (Wildman–Crippen MR) is 102 cm³/mol. The van der Waals surface area contributed by atoms with Gasteiger partial charge in [-0.2, -0.15) is 0 Å². The van der Waals surface area contributed by atoms with Gasteiger partial charge in [0.2, 0.25) is 5.91 Å². The van der Waals surface area contributed by atoms with Gasteiger partial charge in [0.05, 0.1) is 6.04 Å². The molecule has 2 aromatic heterocycles. The molecule has 3 heterocycles. The molecule has 0 bridgehead atoms. The minimum Gasteiger partial charge on any atom is -0.338 e. The second-order valence-electron chi connectivity index (χ2n) is 6.53. The van der Waals surface area contributed by atoms with Crippen molar-refractivity contribution in [1.82, 2.24) is 14.5 Å². The number of hydrogen-bond donors (Lipinski definition) is 0. The van der Waals surface area contributed by atoms with Gasteiger partial charge < -0.3 is 9.47 Å². The summed E-state index contributed by atoms with van der Waals surface area (Å²) in [5, 5.41) is 1.15. The molecule has 0 spiro atoms. The monoisotopic (exact) mass is 397 g/mol. The van der Waals surface area contributed by atoms with Crippen LogP contribution in [0.1, 0.15) is 30.9 Å². The number of carbonyl (C=O) groups excluding carboxylic acids is 1. The number of benzene rings is 1. The zero-order valence-corrected chi connectivity index (χ0v) is 15.5. The van der Waals surface area contributed by atoms with E-state index >= 15 is 0 Å². The number of rotatable bonds is 3. The van der Waals surface area contributed by atoms with Crippen molar-refractivity contribution in [3.05, 3.63) is 65.0 Å². The summed E-state index contributed by atoms with van der Waals surface area (Å²) in [6.45, 7) is 1.19. The number of hydrogen-bond acceptors (Lipinski definition) is 2. The lowest BCUT2D eigenvalue weighted by Gasteiger charge is -2.36. The summed E-state index contributed by atoms with van der Waals surface area (Å²) in [5.41, 5.74) is 2.22. The van der Waals surface area contributed by atoms with Crippen molar-refractivity contribution < 1.29 is 4.79 Å². The third-order valence-electron chi connectivity index (χ3n) is 4.93. The number of aromatic nitrogens is 2. The van der Waals surface area contributed by atoms with E-state index in [9.17, 15) is 4.79 Å². The molecule has 1 aliphatic heterocycles. The number of fused-ring (bicyclic) bond motifs is 1. The first-order valence-electron chi connectivity index (χ1n) is 8.66. The van der Waals surface area contributed by atoms with Gasteiger partial charge in [0.1, 0.15) is 6.54 Å². The van der Waals surface area contributed by atoms with Crippen molar-refractivity contribution in [2.24, 2.45) is 0 Å². The van der Waals surface area contributed by atoms with E-state index in [1.807, 2.05) is 34.0 Å². The molecule has 0 radical (unpaired) electrons. The van der Waals surface area contributed by atoms with Gasteiger partial charge in [0, 0.05) is 35.1 Å². The minimum atomic E-state index is 0.142. The molecule has 5 heteroatoms. The summed E-state index contributed by atoms with van der Waals surface area (Å²) in [7, 11) is 0. The second kappa shape index (κ2) is 7.00. The van der Waals surface area contributed by atoms with Crippen molar-refractivity contribution in [2.45, 2.75) is 31.8 Å². The SMILES string of the molecule is O=C(Cn1ccc2ccc(Br)cc21)N1CCCC[C@H]1c1cccnc1. The Labute approximate surface area is 155 Å². The van der Waals surface area contributed by atoms with Crippen LogP contribution < -0.4 is 0 Å².